The van der Waals surface area contributed by atoms with Gasteiger partial charge in [0.2, 0.25) is 0 Å². The van der Waals surface area contributed by atoms with Gasteiger partial charge in [0.15, 0.2) is 21.4 Å². The highest BCUT2D eigenvalue weighted by atomic mass is 35.5. The summed E-state index contributed by atoms with van der Waals surface area (Å²) < 4.78 is 99.6. The van der Waals surface area contributed by atoms with Crippen molar-refractivity contribution in [3.8, 4) is 5.75 Å². The van der Waals surface area contributed by atoms with E-state index in [1.54, 1.807) is 5.32 Å². The molecule has 0 spiro atoms. The summed E-state index contributed by atoms with van der Waals surface area (Å²) in [5.74, 6) is -6.52. The number of nitrogens with one attached hydrogen (secondary N) is 1. The van der Waals surface area contributed by atoms with Gasteiger partial charge < -0.3 is 10.1 Å². The number of amides is 1. The lowest BCUT2D eigenvalue weighted by molar-refractivity contribution is -0.174. The topological polar surface area (TPSA) is 72.5 Å². The first-order chi connectivity index (χ1) is 15.9. The van der Waals surface area contributed by atoms with Crippen LogP contribution in [-0.2, 0) is 19.4 Å². The molecule has 1 N–H and O–H groups in total. The first-order valence-electron chi connectivity index (χ1n) is 10.4. The van der Waals surface area contributed by atoms with E-state index in [9.17, 15) is 30.8 Å². The van der Waals surface area contributed by atoms with Crippen molar-refractivity contribution in [2.24, 2.45) is 11.8 Å². The molecule has 12 heteroatoms. The van der Waals surface area contributed by atoms with Crippen molar-refractivity contribution in [3.05, 3.63) is 58.6 Å². The average molecular weight is 524 g/mol. The van der Waals surface area contributed by atoms with E-state index < -0.39 is 68.0 Å². The maximum atomic E-state index is 15.2. The molecule has 1 aliphatic carbocycles. The second-order valence-electron chi connectivity index (χ2n) is 8.36. The fraction of sp³-hybridized carbons (Fsp3) is 0.409. The summed E-state index contributed by atoms with van der Waals surface area (Å²) in [7, 11) is -4.43. The van der Waals surface area contributed by atoms with Crippen molar-refractivity contribution in [1.29, 1.82) is 0 Å². The van der Waals surface area contributed by atoms with Crippen LogP contribution in [0.5, 0.6) is 5.75 Å². The summed E-state index contributed by atoms with van der Waals surface area (Å²) in [5, 5.41) is 2.05. The van der Waals surface area contributed by atoms with Gasteiger partial charge in [0.25, 0.3) is 0 Å². The Kier molecular flexibility index (Phi) is 6.30. The van der Waals surface area contributed by atoms with Gasteiger partial charge in [-0.25, -0.2) is 17.2 Å². The fourth-order valence-corrected chi connectivity index (χ4v) is 7.65. The third-order valence-corrected chi connectivity index (χ3v) is 9.38. The molecule has 34 heavy (non-hydrogen) atoms. The van der Waals surface area contributed by atoms with E-state index in [1.807, 2.05) is 0 Å². The number of fused-ring (bicyclic) bond motifs is 3. The highest BCUT2D eigenvalue weighted by molar-refractivity contribution is 7.92. The molecule has 1 amide bonds. The maximum Gasteiger partial charge on any atom is 0.471 e. The number of carbonyl (C=O) groups excluding carboxylic acids is 1. The van der Waals surface area contributed by atoms with Gasteiger partial charge in [0.1, 0.15) is 10.6 Å². The Balaban J connectivity index is 1.87. The first kappa shape index (κ1) is 24.7. The summed E-state index contributed by atoms with van der Waals surface area (Å²) >= 11 is 5.88. The Morgan fingerprint density at radius 2 is 1.76 bits per heavy atom. The number of hydrogen-bond acceptors (Lipinski definition) is 4. The molecule has 0 radical (unpaired) electrons. The average Bonchev–Trinajstić information content (AvgIpc) is 2.78. The minimum absolute atomic E-state index is 0.108. The van der Waals surface area contributed by atoms with Crippen LogP contribution in [-0.4, -0.2) is 33.7 Å². The van der Waals surface area contributed by atoms with Crippen LogP contribution in [0.3, 0.4) is 0 Å². The minimum atomic E-state index is -5.12. The van der Waals surface area contributed by atoms with Crippen LogP contribution < -0.4 is 10.1 Å². The van der Waals surface area contributed by atoms with Gasteiger partial charge in [0.05, 0.1) is 17.1 Å². The SMILES string of the molecule is O=C(NC[C@@H]1CCCC2(S(=O)(=O)c3ccc(Cl)cc3)c3c(F)ccc(F)c3OC[C@@H]12)C(F)(F)F. The number of sulfone groups is 1. The third kappa shape index (κ3) is 3.92. The third-order valence-electron chi connectivity index (χ3n) is 6.57. The Morgan fingerprint density at radius 1 is 1.12 bits per heavy atom. The van der Waals surface area contributed by atoms with Crippen molar-refractivity contribution in [1.82, 2.24) is 5.32 Å². The van der Waals surface area contributed by atoms with Crippen LogP contribution in [0.4, 0.5) is 22.0 Å². The van der Waals surface area contributed by atoms with Crippen molar-refractivity contribution >= 4 is 27.3 Å². The van der Waals surface area contributed by atoms with Crippen molar-refractivity contribution in [2.45, 2.75) is 35.1 Å². The lowest BCUT2D eigenvalue weighted by atomic mass is 9.67. The molecule has 4 rings (SSSR count). The molecule has 2 aliphatic rings. The number of ether oxygens (including phenoxy) is 1. The summed E-state index contributed by atoms with van der Waals surface area (Å²) in [4.78, 5) is 11.2. The molecule has 0 aromatic heterocycles. The van der Waals surface area contributed by atoms with Gasteiger partial charge in [-0.1, -0.05) is 18.0 Å². The van der Waals surface area contributed by atoms with E-state index >= 15 is 4.39 Å². The van der Waals surface area contributed by atoms with Crippen LogP contribution in [0.15, 0.2) is 41.3 Å². The Morgan fingerprint density at radius 3 is 2.41 bits per heavy atom. The molecule has 0 saturated heterocycles. The molecule has 2 aromatic rings. The molecule has 5 nitrogen and oxygen atoms in total. The van der Waals surface area contributed by atoms with Crippen molar-refractivity contribution < 1.29 is 39.9 Å². The molecule has 3 atom stereocenters. The molecular weight excluding hydrogens is 505 g/mol. The summed E-state index contributed by atoms with van der Waals surface area (Å²) in [6.45, 7) is -0.886. The second kappa shape index (κ2) is 8.67. The van der Waals surface area contributed by atoms with Crippen LogP contribution in [0.1, 0.15) is 24.8 Å². The van der Waals surface area contributed by atoms with Crippen LogP contribution in [0.2, 0.25) is 5.02 Å². The predicted molar refractivity (Wildman–Crippen MR) is 112 cm³/mol. The molecule has 1 saturated carbocycles. The van der Waals surface area contributed by atoms with Crippen molar-refractivity contribution in [2.75, 3.05) is 13.2 Å². The zero-order chi connectivity index (χ0) is 24.9. The van der Waals surface area contributed by atoms with E-state index in [0.717, 1.165) is 12.1 Å². The van der Waals surface area contributed by atoms with E-state index in [0.29, 0.717) is 0 Å². The Labute approximate surface area is 197 Å². The van der Waals surface area contributed by atoms with Crippen LogP contribution in [0, 0.1) is 23.5 Å². The fourth-order valence-electron chi connectivity index (χ4n) is 5.08. The van der Waals surface area contributed by atoms with E-state index in [4.69, 9.17) is 16.3 Å². The molecule has 1 unspecified atom stereocenters. The predicted octanol–water partition coefficient (Wildman–Crippen LogP) is 4.77. The van der Waals surface area contributed by atoms with Crippen LogP contribution in [0.25, 0.3) is 0 Å². The summed E-state index contributed by atoms with van der Waals surface area (Å²) in [6, 6.07) is 6.78. The smallest absolute Gasteiger partial charge is 0.471 e. The summed E-state index contributed by atoms with van der Waals surface area (Å²) in [5.41, 5.74) is -0.481. The molecular formula is C22H19ClF5NO4S. The number of hydrogen-bond donors (Lipinski definition) is 1. The molecule has 1 heterocycles. The van der Waals surface area contributed by atoms with Crippen molar-refractivity contribution in [3.63, 3.8) is 0 Å². The van der Waals surface area contributed by atoms with Gasteiger partial charge in [-0.05, 0) is 55.2 Å². The normalized spacial score (nSPS) is 24.5. The number of carbonyl (C=O) groups is 1. The minimum Gasteiger partial charge on any atom is -0.490 e. The highest BCUT2D eigenvalue weighted by Gasteiger charge is 2.61. The lowest BCUT2D eigenvalue weighted by Crippen LogP contribution is -2.56. The van der Waals surface area contributed by atoms with Gasteiger partial charge in [-0.3, -0.25) is 4.79 Å². The Hall–Kier alpha value is -2.40. The number of rotatable bonds is 4. The molecule has 2 aromatic carbocycles. The summed E-state index contributed by atoms with van der Waals surface area (Å²) in [6.07, 6.45) is -4.78. The Bertz CT molecular complexity index is 1220. The lowest BCUT2D eigenvalue weighted by Gasteiger charge is -2.50. The second-order valence-corrected chi connectivity index (χ2v) is 11.0. The quantitative estimate of drug-likeness (QED) is 0.586. The van der Waals surface area contributed by atoms with E-state index in [2.05, 4.69) is 0 Å². The van der Waals surface area contributed by atoms with Gasteiger partial charge >= 0.3 is 12.1 Å². The monoisotopic (exact) mass is 523 g/mol. The standard InChI is InChI=1S/C22H19ClF5NO4S/c23-13-3-5-14(6-4-13)34(31,32)21-9-1-2-12(10-29-20(30)22(26,27)28)15(21)11-33-19-17(25)8-7-16(24)18(19)21/h3-8,12,15H,1-2,9-11H2,(H,29,30)/t12-,15-,21?/m0/s1. The molecule has 1 aliphatic heterocycles. The molecule has 184 valence electrons. The maximum absolute atomic E-state index is 15.2. The zero-order valence-corrected chi connectivity index (χ0v) is 19.0. The molecule has 1 fully saturated rings. The number of alkyl halides is 3. The number of halogens is 6. The zero-order valence-electron chi connectivity index (χ0n) is 17.5. The van der Waals surface area contributed by atoms with Gasteiger partial charge in [-0.15, -0.1) is 0 Å². The van der Waals surface area contributed by atoms with E-state index in [1.165, 1.54) is 24.3 Å². The molecule has 0 bridgehead atoms. The number of benzene rings is 2. The van der Waals surface area contributed by atoms with Gasteiger partial charge in [-0.2, -0.15) is 13.2 Å². The van der Waals surface area contributed by atoms with Crippen LogP contribution >= 0.6 is 11.6 Å². The largest absolute Gasteiger partial charge is 0.490 e. The van der Waals surface area contributed by atoms with E-state index in [-0.39, 0.29) is 35.8 Å². The first-order valence-corrected chi connectivity index (χ1v) is 12.2. The van der Waals surface area contributed by atoms with Gasteiger partial charge in [0, 0.05) is 17.5 Å². The highest BCUT2D eigenvalue weighted by Crippen LogP contribution is 2.58.